The highest BCUT2D eigenvalue weighted by Crippen LogP contribution is 2.64. The molecule has 0 heterocycles. The van der Waals surface area contributed by atoms with Gasteiger partial charge in [0, 0.05) is 27.3 Å². The quantitative estimate of drug-likeness (QED) is 0.506. The number of rotatable bonds is 4. The number of allylic oxidation sites excluding steroid dienone is 2. The zero-order valence-electron chi connectivity index (χ0n) is 11.8. The van der Waals surface area contributed by atoms with E-state index >= 15 is 0 Å². The topological polar surface area (TPSA) is 37.3 Å². The van der Waals surface area contributed by atoms with E-state index in [1.54, 1.807) is 6.92 Å². The fourth-order valence-electron chi connectivity index (χ4n) is 2.28. The third-order valence-electron chi connectivity index (χ3n) is 2.93. The summed E-state index contributed by atoms with van der Waals surface area (Å²) in [6.07, 6.45) is 0. The summed E-state index contributed by atoms with van der Waals surface area (Å²) < 4.78 is 0. The predicted octanol–water partition coefficient (Wildman–Crippen LogP) is 4.06. The van der Waals surface area contributed by atoms with Crippen molar-refractivity contribution in [2.24, 2.45) is 0 Å². The van der Waals surface area contributed by atoms with Gasteiger partial charge in [0.25, 0.3) is 0 Å². The smallest absolute Gasteiger partial charge is 0.163 e. The molecule has 1 N–H and O–H groups in total. The van der Waals surface area contributed by atoms with Gasteiger partial charge in [-0.3, -0.25) is 4.79 Å². The van der Waals surface area contributed by atoms with Crippen molar-refractivity contribution in [2.45, 2.75) is 19.5 Å². The average molecular weight is 265 g/mol. The Labute approximate surface area is 110 Å². The van der Waals surface area contributed by atoms with Crippen molar-refractivity contribution in [3.05, 3.63) is 47.2 Å². The minimum atomic E-state index is -1.35. The SMILES string of the molecule is CC(=O)/C(=C(/C)O)C(c1ccccc1)[P+](C)(C)C. The zero-order chi connectivity index (χ0) is 13.9. The van der Waals surface area contributed by atoms with Gasteiger partial charge in [-0.05, 0) is 19.4 Å². The lowest BCUT2D eigenvalue weighted by Gasteiger charge is -2.26. The fourth-order valence-corrected chi connectivity index (χ4v) is 4.49. The van der Waals surface area contributed by atoms with Gasteiger partial charge in [0.05, 0.1) is 5.57 Å². The molecule has 1 atom stereocenters. The molecule has 1 aromatic rings. The van der Waals surface area contributed by atoms with E-state index in [4.69, 9.17) is 0 Å². The number of Topliss-reactive ketones (excluding diaryl/α,β-unsaturated/α-hetero) is 1. The molecule has 0 saturated heterocycles. The predicted molar refractivity (Wildman–Crippen MR) is 79.9 cm³/mol. The van der Waals surface area contributed by atoms with Gasteiger partial charge in [0.2, 0.25) is 0 Å². The number of hydrogen-bond acceptors (Lipinski definition) is 2. The van der Waals surface area contributed by atoms with Crippen LogP contribution in [0.25, 0.3) is 0 Å². The summed E-state index contributed by atoms with van der Waals surface area (Å²) in [6, 6.07) is 9.97. The maximum atomic E-state index is 11.8. The van der Waals surface area contributed by atoms with Crippen molar-refractivity contribution in [1.82, 2.24) is 0 Å². The summed E-state index contributed by atoms with van der Waals surface area (Å²) in [7, 11) is -1.35. The molecular formula is C15H22O2P+. The highest BCUT2D eigenvalue weighted by Gasteiger charge is 2.38. The van der Waals surface area contributed by atoms with Gasteiger partial charge in [-0.1, -0.05) is 30.3 Å². The molecule has 0 fully saturated rings. The molecule has 0 aliphatic carbocycles. The van der Waals surface area contributed by atoms with Gasteiger partial charge < -0.3 is 5.11 Å². The summed E-state index contributed by atoms with van der Waals surface area (Å²) in [6.45, 7) is 9.70. The van der Waals surface area contributed by atoms with Gasteiger partial charge in [0.15, 0.2) is 5.78 Å². The first kappa shape index (κ1) is 14.9. The van der Waals surface area contributed by atoms with Crippen LogP contribution in [0.2, 0.25) is 0 Å². The molecule has 1 unspecified atom stereocenters. The minimum Gasteiger partial charge on any atom is -0.512 e. The van der Waals surface area contributed by atoms with E-state index in [-0.39, 0.29) is 17.2 Å². The van der Waals surface area contributed by atoms with Crippen molar-refractivity contribution >= 4 is 13.0 Å². The highest BCUT2D eigenvalue weighted by atomic mass is 31.2. The molecule has 0 radical (unpaired) electrons. The summed E-state index contributed by atoms with van der Waals surface area (Å²) >= 11 is 0. The minimum absolute atomic E-state index is 0.0150. The lowest BCUT2D eigenvalue weighted by atomic mass is 10.0. The second kappa shape index (κ2) is 5.67. The molecule has 0 aliphatic heterocycles. The van der Waals surface area contributed by atoms with Gasteiger partial charge in [0.1, 0.15) is 11.4 Å². The molecule has 0 spiro atoms. The number of hydrogen-bond donors (Lipinski definition) is 1. The van der Waals surface area contributed by atoms with E-state index in [1.807, 2.05) is 30.3 Å². The highest BCUT2D eigenvalue weighted by molar-refractivity contribution is 7.74. The van der Waals surface area contributed by atoms with Crippen molar-refractivity contribution in [1.29, 1.82) is 0 Å². The number of aliphatic hydroxyl groups excluding tert-OH is 1. The molecule has 18 heavy (non-hydrogen) atoms. The third-order valence-corrected chi connectivity index (χ3v) is 5.04. The number of aliphatic hydroxyl groups is 1. The van der Waals surface area contributed by atoms with Crippen LogP contribution in [0.5, 0.6) is 0 Å². The maximum Gasteiger partial charge on any atom is 0.163 e. The standard InChI is InChI=1S/C15H21O2P/c1-11(16)14(12(2)17)15(18(3,4)5)13-9-7-6-8-10-13/h6-10,15H,1-5H3/p+1. The number of carbonyl (C=O) groups excluding carboxylic acids is 1. The molecule has 0 amide bonds. The summed E-state index contributed by atoms with van der Waals surface area (Å²) in [5.41, 5.74) is 1.68. The maximum absolute atomic E-state index is 11.8. The Kier molecular flexibility index (Phi) is 4.70. The first-order chi connectivity index (χ1) is 8.25. The molecule has 1 aromatic carbocycles. The Morgan fingerprint density at radius 1 is 1.11 bits per heavy atom. The molecule has 0 bridgehead atoms. The van der Waals surface area contributed by atoms with Gasteiger partial charge in [-0.2, -0.15) is 0 Å². The molecule has 0 aromatic heterocycles. The number of benzene rings is 1. The van der Waals surface area contributed by atoms with E-state index in [0.717, 1.165) is 5.56 Å². The van der Waals surface area contributed by atoms with Crippen molar-refractivity contribution in [3.63, 3.8) is 0 Å². The molecule has 3 heteroatoms. The van der Waals surface area contributed by atoms with Crippen LogP contribution >= 0.6 is 7.26 Å². The summed E-state index contributed by atoms with van der Waals surface area (Å²) in [5, 5.41) is 9.85. The van der Waals surface area contributed by atoms with E-state index in [0.29, 0.717) is 5.57 Å². The molecule has 2 nitrogen and oxygen atoms in total. The van der Waals surface area contributed by atoms with E-state index in [2.05, 4.69) is 20.0 Å². The largest absolute Gasteiger partial charge is 0.512 e. The second-order valence-corrected chi connectivity index (χ2v) is 10.2. The van der Waals surface area contributed by atoms with E-state index in [1.165, 1.54) is 6.92 Å². The van der Waals surface area contributed by atoms with Gasteiger partial charge >= 0.3 is 0 Å². The molecule has 1 rings (SSSR count). The Morgan fingerprint density at radius 3 is 1.94 bits per heavy atom. The van der Waals surface area contributed by atoms with Gasteiger partial charge in [-0.15, -0.1) is 0 Å². The summed E-state index contributed by atoms with van der Waals surface area (Å²) in [5.74, 6) is 0.102. The first-order valence-corrected chi connectivity index (χ1v) is 9.22. The third kappa shape index (κ3) is 3.43. The van der Waals surface area contributed by atoms with Crippen LogP contribution in [0, 0.1) is 0 Å². The van der Waals surface area contributed by atoms with Crippen LogP contribution < -0.4 is 0 Å². The first-order valence-electron chi connectivity index (χ1n) is 6.02. The Morgan fingerprint density at radius 2 is 1.61 bits per heavy atom. The van der Waals surface area contributed by atoms with Crippen molar-refractivity contribution in [2.75, 3.05) is 20.0 Å². The Hall–Kier alpha value is -1.14. The Bertz CT molecular complexity index is 451. The van der Waals surface area contributed by atoms with Crippen molar-refractivity contribution in [3.8, 4) is 0 Å². The van der Waals surface area contributed by atoms with E-state index in [9.17, 15) is 9.90 Å². The van der Waals surface area contributed by atoms with Crippen LogP contribution in [-0.2, 0) is 4.79 Å². The second-order valence-electron chi connectivity index (χ2n) is 5.48. The van der Waals surface area contributed by atoms with Gasteiger partial charge in [-0.25, -0.2) is 0 Å². The Balaban J connectivity index is 3.41. The summed E-state index contributed by atoms with van der Waals surface area (Å²) in [4.78, 5) is 11.8. The lowest BCUT2D eigenvalue weighted by Crippen LogP contribution is -2.14. The zero-order valence-corrected chi connectivity index (χ0v) is 12.7. The molecular weight excluding hydrogens is 243 g/mol. The van der Waals surface area contributed by atoms with Crippen molar-refractivity contribution < 1.29 is 9.90 Å². The monoisotopic (exact) mass is 265 g/mol. The van der Waals surface area contributed by atoms with Crippen LogP contribution in [0.4, 0.5) is 0 Å². The molecule has 98 valence electrons. The normalized spacial score (nSPS) is 14.9. The number of ketones is 1. The molecule has 0 saturated carbocycles. The number of carbonyl (C=O) groups is 1. The fraction of sp³-hybridized carbons (Fsp3) is 0.400. The van der Waals surface area contributed by atoms with E-state index < -0.39 is 7.26 Å². The van der Waals surface area contributed by atoms with Crippen LogP contribution in [0.3, 0.4) is 0 Å². The van der Waals surface area contributed by atoms with Crippen LogP contribution in [0.15, 0.2) is 41.7 Å². The van der Waals surface area contributed by atoms with Crippen LogP contribution in [-0.4, -0.2) is 30.9 Å². The average Bonchev–Trinajstić information content (AvgIpc) is 2.24. The van der Waals surface area contributed by atoms with Crippen LogP contribution in [0.1, 0.15) is 25.1 Å². The lowest BCUT2D eigenvalue weighted by molar-refractivity contribution is -0.113. The molecule has 0 aliphatic rings.